The molecule has 0 spiro atoms. The van der Waals surface area contributed by atoms with Crippen LogP contribution in [0.1, 0.15) is 11.1 Å². The van der Waals surface area contributed by atoms with Crippen LogP contribution in [0.25, 0.3) is 22.6 Å². The molecule has 28 heavy (non-hydrogen) atoms. The van der Waals surface area contributed by atoms with Gasteiger partial charge in [-0.05, 0) is 55.8 Å². The van der Waals surface area contributed by atoms with Crippen molar-refractivity contribution in [1.82, 2.24) is 4.98 Å². The Hall–Kier alpha value is -3.60. The predicted molar refractivity (Wildman–Crippen MR) is 109 cm³/mol. The lowest BCUT2D eigenvalue weighted by Gasteiger charge is -2.11. The second-order valence-electron chi connectivity index (χ2n) is 6.67. The summed E-state index contributed by atoms with van der Waals surface area (Å²) in [7, 11) is 0. The number of para-hydroxylation sites is 2. The zero-order chi connectivity index (χ0) is 19.5. The van der Waals surface area contributed by atoms with E-state index in [1.54, 1.807) is 0 Å². The first-order valence-corrected chi connectivity index (χ1v) is 9.04. The molecule has 5 heteroatoms. The van der Waals surface area contributed by atoms with Crippen LogP contribution in [0.5, 0.6) is 5.75 Å². The summed E-state index contributed by atoms with van der Waals surface area (Å²) in [6.45, 7) is 3.88. The van der Waals surface area contributed by atoms with Crippen molar-refractivity contribution in [3.63, 3.8) is 0 Å². The number of aryl methyl sites for hydroxylation is 2. The third kappa shape index (κ3) is 3.88. The third-order valence-corrected chi connectivity index (χ3v) is 4.44. The first kappa shape index (κ1) is 17.8. The molecule has 0 saturated carbocycles. The average Bonchev–Trinajstić information content (AvgIpc) is 3.13. The average molecular weight is 372 g/mol. The van der Waals surface area contributed by atoms with Crippen LogP contribution in [0.15, 0.2) is 71.1 Å². The first-order valence-electron chi connectivity index (χ1n) is 9.04. The van der Waals surface area contributed by atoms with Crippen LogP contribution < -0.4 is 10.1 Å². The number of fused-ring (bicyclic) bond motifs is 1. The van der Waals surface area contributed by atoms with E-state index < -0.39 is 0 Å². The molecule has 4 rings (SSSR count). The van der Waals surface area contributed by atoms with Gasteiger partial charge in [-0.15, -0.1) is 0 Å². The minimum atomic E-state index is -0.224. The highest BCUT2D eigenvalue weighted by Crippen LogP contribution is 2.28. The van der Waals surface area contributed by atoms with E-state index in [4.69, 9.17) is 9.15 Å². The van der Waals surface area contributed by atoms with E-state index in [9.17, 15) is 4.79 Å². The van der Waals surface area contributed by atoms with Crippen LogP contribution in [0.3, 0.4) is 0 Å². The number of nitrogens with one attached hydrogen (secondary N) is 1. The Morgan fingerprint density at radius 1 is 1.04 bits per heavy atom. The fraction of sp³-hybridized carbons (Fsp3) is 0.130. The topological polar surface area (TPSA) is 64.4 Å². The summed E-state index contributed by atoms with van der Waals surface area (Å²) in [6.07, 6.45) is 0. The number of hydrogen-bond acceptors (Lipinski definition) is 4. The van der Waals surface area contributed by atoms with Gasteiger partial charge in [-0.2, -0.15) is 0 Å². The van der Waals surface area contributed by atoms with Gasteiger partial charge in [-0.3, -0.25) is 4.79 Å². The summed E-state index contributed by atoms with van der Waals surface area (Å²) in [5.41, 5.74) is 5.13. The molecule has 0 aliphatic carbocycles. The lowest BCUT2D eigenvalue weighted by molar-refractivity contribution is -0.118. The summed E-state index contributed by atoms with van der Waals surface area (Å²) in [6, 6.07) is 20.9. The molecule has 0 atom stereocenters. The summed E-state index contributed by atoms with van der Waals surface area (Å²) in [5, 5.41) is 2.90. The third-order valence-electron chi connectivity index (χ3n) is 4.44. The Balaban J connectivity index is 1.49. The minimum absolute atomic E-state index is 0.0599. The summed E-state index contributed by atoms with van der Waals surface area (Å²) < 4.78 is 11.4. The largest absolute Gasteiger partial charge is 0.484 e. The minimum Gasteiger partial charge on any atom is -0.484 e. The molecule has 0 radical (unpaired) electrons. The van der Waals surface area contributed by atoms with Gasteiger partial charge in [-0.1, -0.05) is 35.9 Å². The van der Waals surface area contributed by atoms with Crippen molar-refractivity contribution < 1.29 is 13.9 Å². The molecule has 3 aromatic carbocycles. The summed E-state index contributed by atoms with van der Waals surface area (Å²) in [5.74, 6) is 0.962. The zero-order valence-electron chi connectivity index (χ0n) is 15.7. The van der Waals surface area contributed by atoms with E-state index in [0.29, 0.717) is 17.3 Å². The van der Waals surface area contributed by atoms with Gasteiger partial charge in [0.2, 0.25) is 5.89 Å². The van der Waals surface area contributed by atoms with Crippen molar-refractivity contribution in [3.05, 3.63) is 77.9 Å². The van der Waals surface area contributed by atoms with E-state index in [1.807, 2.05) is 80.6 Å². The number of carbonyl (C=O) groups excluding carboxylic acids is 1. The van der Waals surface area contributed by atoms with E-state index in [2.05, 4.69) is 10.3 Å². The van der Waals surface area contributed by atoms with Crippen LogP contribution in [0.2, 0.25) is 0 Å². The van der Waals surface area contributed by atoms with E-state index in [0.717, 1.165) is 27.8 Å². The normalized spacial score (nSPS) is 10.8. The van der Waals surface area contributed by atoms with Gasteiger partial charge < -0.3 is 14.5 Å². The van der Waals surface area contributed by atoms with Gasteiger partial charge in [0.25, 0.3) is 5.91 Å². The lowest BCUT2D eigenvalue weighted by atomic mass is 10.1. The number of amides is 1. The number of nitrogens with zero attached hydrogens (tertiary/aromatic N) is 1. The van der Waals surface area contributed by atoms with Crippen molar-refractivity contribution in [2.24, 2.45) is 0 Å². The molecular formula is C23H20N2O3. The predicted octanol–water partition coefficient (Wildman–Crippen LogP) is 5.13. The molecule has 0 bridgehead atoms. The van der Waals surface area contributed by atoms with Crippen molar-refractivity contribution in [2.75, 3.05) is 11.9 Å². The smallest absolute Gasteiger partial charge is 0.262 e. The highest BCUT2D eigenvalue weighted by molar-refractivity contribution is 5.93. The van der Waals surface area contributed by atoms with Gasteiger partial charge >= 0.3 is 0 Å². The number of hydrogen-bond donors (Lipinski definition) is 1. The maximum Gasteiger partial charge on any atom is 0.262 e. The zero-order valence-corrected chi connectivity index (χ0v) is 15.7. The van der Waals surface area contributed by atoms with Crippen LogP contribution in [0, 0.1) is 13.8 Å². The molecule has 0 aliphatic rings. The molecule has 1 heterocycles. The van der Waals surface area contributed by atoms with Crippen LogP contribution in [-0.2, 0) is 4.79 Å². The van der Waals surface area contributed by atoms with Gasteiger partial charge in [-0.25, -0.2) is 4.98 Å². The van der Waals surface area contributed by atoms with E-state index in [1.165, 1.54) is 0 Å². The number of ether oxygens (including phenoxy) is 1. The Kier molecular flexibility index (Phi) is 4.81. The molecule has 0 fully saturated rings. The highest BCUT2D eigenvalue weighted by Gasteiger charge is 2.11. The number of aromatic nitrogens is 1. The molecular weight excluding hydrogens is 352 g/mol. The number of benzene rings is 3. The van der Waals surface area contributed by atoms with Gasteiger partial charge in [0, 0.05) is 11.3 Å². The van der Waals surface area contributed by atoms with Crippen LogP contribution in [0.4, 0.5) is 5.69 Å². The number of rotatable bonds is 5. The Morgan fingerprint density at radius 2 is 1.82 bits per heavy atom. The van der Waals surface area contributed by atoms with Gasteiger partial charge in [0.05, 0.1) is 0 Å². The Bertz CT molecular complexity index is 1100. The fourth-order valence-electron chi connectivity index (χ4n) is 2.86. The Labute approximate surface area is 163 Å². The molecule has 5 nitrogen and oxygen atoms in total. The van der Waals surface area contributed by atoms with Crippen molar-refractivity contribution >= 4 is 22.7 Å². The van der Waals surface area contributed by atoms with Crippen molar-refractivity contribution in [2.45, 2.75) is 13.8 Å². The van der Waals surface area contributed by atoms with Crippen molar-refractivity contribution in [1.29, 1.82) is 0 Å². The summed E-state index contributed by atoms with van der Waals surface area (Å²) in [4.78, 5) is 16.8. The monoisotopic (exact) mass is 372 g/mol. The Morgan fingerprint density at radius 3 is 2.61 bits per heavy atom. The SMILES string of the molecule is Cc1ccc(OCC(=O)Nc2cc(-c3nc4ccccc4o3)ccc2C)cc1. The molecule has 1 aromatic heterocycles. The quantitative estimate of drug-likeness (QED) is 0.527. The van der Waals surface area contributed by atoms with E-state index >= 15 is 0 Å². The first-order chi connectivity index (χ1) is 13.6. The standard InChI is InChI=1S/C23H20N2O3/c1-15-7-11-18(12-8-15)27-14-22(26)24-20-13-17(10-9-16(20)2)23-25-19-5-3-4-6-21(19)28-23/h3-13H,14H2,1-2H3,(H,24,26). The van der Waals surface area contributed by atoms with Crippen molar-refractivity contribution in [3.8, 4) is 17.2 Å². The van der Waals surface area contributed by atoms with Gasteiger partial charge in [0.1, 0.15) is 11.3 Å². The maximum absolute atomic E-state index is 12.3. The number of anilines is 1. The second kappa shape index (κ2) is 7.56. The fourth-order valence-corrected chi connectivity index (χ4v) is 2.86. The molecule has 0 unspecified atom stereocenters. The highest BCUT2D eigenvalue weighted by atomic mass is 16.5. The number of carbonyl (C=O) groups is 1. The molecule has 140 valence electrons. The second-order valence-corrected chi connectivity index (χ2v) is 6.67. The van der Waals surface area contributed by atoms with E-state index in [-0.39, 0.29) is 12.5 Å². The van der Waals surface area contributed by atoms with Crippen LogP contribution >= 0.6 is 0 Å². The molecule has 0 aliphatic heterocycles. The molecule has 1 N–H and O–H groups in total. The molecule has 4 aromatic rings. The lowest BCUT2D eigenvalue weighted by Crippen LogP contribution is -2.20. The van der Waals surface area contributed by atoms with Crippen LogP contribution in [-0.4, -0.2) is 17.5 Å². The number of oxazole rings is 1. The molecule has 0 saturated heterocycles. The summed E-state index contributed by atoms with van der Waals surface area (Å²) >= 11 is 0. The van der Waals surface area contributed by atoms with Gasteiger partial charge in [0.15, 0.2) is 12.2 Å². The maximum atomic E-state index is 12.3. The molecule has 1 amide bonds.